The minimum atomic E-state index is -0.121. The van der Waals surface area contributed by atoms with Gasteiger partial charge < -0.3 is 15.6 Å². The lowest BCUT2D eigenvalue weighted by atomic mass is 10.2. The van der Waals surface area contributed by atoms with E-state index in [1.807, 2.05) is 41.8 Å². The van der Waals surface area contributed by atoms with Crippen LogP contribution >= 0.6 is 11.3 Å². The monoisotopic (exact) mass is 249 g/mol. The van der Waals surface area contributed by atoms with Crippen molar-refractivity contribution in [2.75, 3.05) is 6.54 Å². The fourth-order valence-corrected chi connectivity index (χ4v) is 2.35. The van der Waals surface area contributed by atoms with E-state index in [-0.39, 0.29) is 12.7 Å². The number of benzene rings is 1. The molecule has 0 bridgehead atoms. The molecule has 90 valence electrons. The Morgan fingerprint density at radius 3 is 2.82 bits per heavy atom. The van der Waals surface area contributed by atoms with Crippen LogP contribution in [-0.4, -0.2) is 11.7 Å². The Labute approximate surface area is 104 Å². The molecule has 0 spiro atoms. The van der Waals surface area contributed by atoms with Crippen LogP contribution in [0.15, 0.2) is 41.8 Å². The van der Waals surface area contributed by atoms with Gasteiger partial charge in [0.15, 0.2) is 0 Å². The van der Waals surface area contributed by atoms with Gasteiger partial charge in [0.25, 0.3) is 0 Å². The lowest BCUT2D eigenvalue weighted by Crippen LogP contribution is -2.17. The fourth-order valence-electron chi connectivity index (χ4n) is 1.58. The molecule has 17 heavy (non-hydrogen) atoms. The molecule has 4 heteroatoms. The van der Waals surface area contributed by atoms with Crippen molar-refractivity contribution in [3.63, 3.8) is 0 Å². The molecule has 1 atom stereocenters. The minimum Gasteiger partial charge on any atom is -0.484 e. The van der Waals surface area contributed by atoms with E-state index in [0.717, 1.165) is 16.2 Å². The van der Waals surface area contributed by atoms with Crippen molar-refractivity contribution in [3.8, 4) is 5.75 Å². The summed E-state index contributed by atoms with van der Waals surface area (Å²) >= 11 is 1.63. The SMILES string of the molecule is NCC(Oc1cccc(CO)c1)c1cccs1. The molecular weight excluding hydrogens is 234 g/mol. The number of rotatable bonds is 5. The molecule has 0 fully saturated rings. The molecule has 1 aromatic heterocycles. The second kappa shape index (κ2) is 5.82. The van der Waals surface area contributed by atoms with Gasteiger partial charge >= 0.3 is 0 Å². The van der Waals surface area contributed by atoms with Gasteiger partial charge in [0.1, 0.15) is 11.9 Å². The van der Waals surface area contributed by atoms with Gasteiger partial charge in [0.2, 0.25) is 0 Å². The van der Waals surface area contributed by atoms with Gasteiger partial charge in [-0.05, 0) is 29.1 Å². The van der Waals surface area contributed by atoms with Crippen molar-refractivity contribution < 1.29 is 9.84 Å². The maximum Gasteiger partial charge on any atom is 0.145 e. The Bertz CT molecular complexity index is 456. The first kappa shape index (κ1) is 12.1. The number of aliphatic hydroxyl groups excluding tert-OH is 1. The first-order valence-electron chi connectivity index (χ1n) is 5.43. The summed E-state index contributed by atoms with van der Waals surface area (Å²) in [6.45, 7) is 0.452. The molecule has 0 amide bonds. The zero-order valence-corrected chi connectivity index (χ0v) is 10.2. The lowest BCUT2D eigenvalue weighted by Gasteiger charge is -2.16. The molecule has 0 saturated heterocycles. The van der Waals surface area contributed by atoms with Gasteiger partial charge in [-0.3, -0.25) is 0 Å². The first-order valence-corrected chi connectivity index (χ1v) is 6.31. The summed E-state index contributed by atoms with van der Waals surface area (Å²) < 4.78 is 5.82. The van der Waals surface area contributed by atoms with Crippen molar-refractivity contribution in [2.24, 2.45) is 5.73 Å². The summed E-state index contributed by atoms with van der Waals surface area (Å²) in [5, 5.41) is 11.1. The predicted octanol–water partition coefficient (Wildman–Crippen LogP) is 2.32. The third-order valence-corrected chi connectivity index (χ3v) is 3.40. The van der Waals surface area contributed by atoms with Crippen molar-refractivity contribution in [1.29, 1.82) is 0 Å². The Morgan fingerprint density at radius 1 is 1.29 bits per heavy atom. The van der Waals surface area contributed by atoms with Crippen LogP contribution in [0.2, 0.25) is 0 Å². The third-order valence-electron chi connectivity index (χ3n) is 2.43. The summed E-state index contributed by atoms with van der Waals surface area (Å²) in [6, 6.07) is 11.4. The highest BCUT2D eigenvalue weighted by Crippen LogP contribution is 2.25. The molecule has 1 unspecified atom stereocenters. The Morgan fingerprint density at radius 2 is 2.18 bits per heavy atom. The zero-order valence-electron chi connectivity index (χ0n) is 9.37. The van der Waals surface area contributed by atoms with E-state index in [1.54, 1.807) is 11.3 Å². The maximum absolute atomic E-state index is 9.06. The van der Waals surface area contributed by atoms with E-state index < -0.39 is 0 Å². The number of aliphatic hydroxyl groups is 1. The van der Waals surface area contributed by atoms with Crippen LogP contribution in [0.3, 0.4) is 0 Å². The topological polar surface area (TPSA) is 55.5 Å². The average Bonchev–Trinajstić information content (AvgIpc) is 2.90. The first-order chi connectivity index (χ1) is 8.33. The highest BCUT2D eigenvalue weighted by molar-refractivity contribution is 7.10. The number of ether oxygens (including phenoxy) is 1. The van der Waals surface area contributed by atoms with Crippen LogP contribution in [0.1, 0.15) is 16.5 Å². The van der Waals surface area contributed by atoms with Crippen molar-refractivity contribution in [2.45, 2.75) is 12.7 Å². The molecule has 3 nitrogen and oxygen atoms in total. The van der Waals surface area contributed by atoms with Crippen molar-refractivity contribution >= 4 is 11.3 Å². The fraction of sp³-hybridized carbons (Fsp3) is 0.231. The standard InChI is InChI=1S/C13H15NO2S/c14-8-12(13-5-2-6-17-13)16-11-4-1-3-10(7-11)9-15/h1-7,12,15H,8-9,14H2. The van der Waals surface area contributed by atoms with E-state index in [1.165, 1.54) is 0 Å². The van der Waals surface area contributed by atoms with E-state index in [2.05, 4.69) is 0 Å². The van der Waals surface area contributed by atoms with Crippen molar-refractivity contribution in [3.05, 3.63) is 52.2 Å². The van der Waals surface area contributed by atoms with Crippen LogP contribution in [0.4, 0.5) is 0 Å². The molecule has 1 heterocycles. The average molecular weight is 249 g/mol. The summed E-state index contributed by atoms with van der Waals surface area (Å²) in [5.41, 5.74) is 6.55. The van der Waals surface area contributed by atoms with Gasteiger partial charge in [0.05, 0.1) is 6.61 Å². The van der Waals surface area contributed by atoms with Crippen molar-refractivity contribution in [1.82, 2.24) is 0 Å². The Hall–Kier alpha value is -1.36. The molecule has 0 radical (unpaired) electrons. The quantitative estimate of drug-likeness (QED) is 0.855. The maximum atomic E-state index is 9.06. The van der Waals surface area contributed by atoms with Gasteiger partial charge in [0, 0.05) is 11.4 Å². The highest BCUT2D eigenvalue weighted by Gasteiger charge is 2.12. The number of hydrogen-bond donors (Lipinski definition) is 2. The van der Waals surface area contributed by atoms with Gasteiger partial charge in [-0.25, -0.2) is 0 Å². The predicted molar refractivity (Wildman–Crippen MR) is 69.1 cm³/mol. The lowest BCUT2D eigenvalue weighted by molar-refractivity contribution is 0.216. The van der Waals surface area contributed by atoms with Gasteiger partial charge in [-0.1, -0.05) is 18.2 Å². The molecule has 0 aliphatic carbocycles. The van der Waals surface area contributed by atoms with Gasteiger partial charge in [-0.15, -0.1) is 11.3 Å². The third kappa shape index (κ3) is 3.06. The second-order valence-electron chi connectivity index (χ2n) is 3.66. The van der Waals surface area contributed by atoms with E-state index in [0.29, 0.717) is 6.54 Å². The summed E-state index contributed by atoms with van der Waals surface area (Å²) in [5.74, 6) is 0.736. The number of thiophene rings is 1. The molecule has 1 aromatic carbocycles. The number of nitrogens with two attached hydrogens (primary N) is 1. The molecule has 3 N–H and O–H groups in total. The van der Waals surface area contributed by atoms with Crippen LogP contribution < -0.4 is 10.5 Å². The van der Waals surface area contributed by atoms with E-state index >= 15 is 0 Å². The smallest absolute Gasteiger partial charge is 0.145 e. The Kier molecular flexibility index (Phi) is 4.14. The molecular formula is C13H15NO2S. The second-order valence-corrected chi connectivity index (χ2v) is 4.64. The Balaban J connectivity index is 2.13. The molecule has 0 aliphatic heterocycles. The van der Waals surface area contributed by atoms with E-state index in [4.69, 9.17) is 15.6 Å². The van der Waals surface area contributed by atoms with E-state index in [9.17, 15) is 0 Å². The molecule has 0 aliphatic rings. The minimum absolute atomic E-state index is 0.0174. The summed E-state index contributed by atoms with van der Waals surface area (Å²) in [7, 11) is 0. The molecule has 0 saturated carbocycles. The van der Waals surface area contributed by atoms with Gasteiger partial charge in [-0.2, -0.15) is 0 Å². The largest absolute Gasteiger partial charge is 0.484 e. The van der Waals surface area contributed by atoms with Crippen LogP contribution in [0, 0.1) is 0 Å². The zero-order chi connectivity index (χ0) is 12.1. The summed E-state index contributed by atoms with van der Waals surface area (Å²) in [4.78, 5) is 1.11. The summed E-state index contributed by atoms with van der Waals surface area (Å²) in [6.07, 6.45) is -0.121. The molecule has 2 rings (SSSR count). The molecule has 2 aromatic rings. The van der Waals surface area contributed by atoms with Crippen LogP contribution in [0.5, 0.6) is 5.75 Å². The van der Waals surface area contributed by atoms with Crippen LogP contribution in [0.25, 0.3) is 0 Å². The normalized spacial score (nSPS) is 12.4. The highest BCUT2D eigenvalue weighted by atomic mass is 32.1. The van der Waals surface area contributed by atoms with Crippen LogP contribution in [-0.2, 0) is 6.61 Å². The number of hydrogen-bond acceptors (Lipinski definition) is 4.